The predicted octanol–water partition coefficient (Wildman–Crippen LogP) is 1.40. The minimum Gasteiger partial charge on any atom is -0.398 e. The van der Waals surface area contributed by atoms with Gasteiger partial charge in [0, 0.05) is 18.1 Å². The molecule has 0 amide bonds. The van der Waals surface area contributed by atoms with Crippen molar-refractivity contribution in [3.8, 4) is 0 Å². The van der Waals surface area contributed by atoms with E-state index in [1.54, 1.807) is 19.9 Å². The fourth-order valence-electron chi connectivity index (χ4n) is 1.42. The molecule has 0 spiro atoms. The number of carbonyl (C=O) groups excluding carboxylic acids is 1. The lowest BCUT2D eigenvalue weighted by Gasteiger charge is -2.23. The van der Waals surface area contributed by atoms with Crippen molar-refractivity contribution < 1.29 is 9.90 Å². The zero-order valence-corrected chi connectivity index (χ0v) is 9.03. The first-order valence-electron chi connectivity index (χ1n) is 5.01. The Morgan fingerprint density at radius 3 is 2.60 bits per heavy atom. The van der Waals surface area contributed by atoms with Crippen LogP contribution in [0.3, 0.4) is 0 Å². The van der Waals surface area contributed by atoms with Crippen LogP contribution in [0.4, 0.5) is 5.69 Å². The lowest BCUT2D eigenvalue weighted by Crippen LogP contribution is -2.37. The van der Waals surface area contributed by atoms with Gasteiger partial charge in [-0.15, -0.1) is 0 Å². The van der Waals surface area contributed by atoms with Crippen LogP contribution < -0.4 is 5.73 Å². The number of aromatic nitrogens is 1. The SMILES string of the molecule is CCC(O)(CC)C(=O)c1cnccc1N. The lowest BCUT2D eigenvalue weighted by atomic mass is 9.88. The van der Waals surface area contributed by atoms with Gasteiger partial charge in [-0.3, -0.25) is 9.78 Å². The Kier molecular flexibility index (Phi) is 3.42. The number of aliphatic hydroxyl groups is 1. The van der Waals surface area contributed by atoms with Crippen molar-refractivity contribution in [1.29, 1.82) is 0 Å². The van der Waals surface area contributed by atoms with E-state index in [-0.39, 0.29) is 5.78 Å². The summed E-state index contributed by atoms with van der Waals surface area (Å²) < 4.78 is 0. The van der Waals surface area contributed by atoms with Crippen LogP contribution in [0.2, 0.25) is 0 Å². The quantitative estimate of drug-likeness (QED) is 0.733. The van der Waals surface area contributed by atoms with E-state index in [1.807, 2.05) is 0 Å². The maximum Gasteiger partial charge on any atom is 0.197 e. The van der Waals surface area contributed by atoms with Crippen LogP contribution in [0.5, 0.6) is 0 Å². The highest BCUT2D eigenvalue weighted by molar-refractivity contribution is 6.05. The van der Waals surface area contributed by atoms with Crippen LogP contribution in [0.15, 0.2) is 18.5 Å². The molecule has 0 radical (unpaired) electrons. The third kappa shape index (κ3) is 2.15. The van der Waals surface area contributed by atoms with Gasteiger partial charge in [0.1, 0.15) is 5.60 Å². The molecule has 1 heterocycles. The van der Waals surface area contributed by atoms with Crippen LogP contribution in [0.25, 0.3) is 0 Å². The monoisotopic (exact) mass is 208 g/mol. The van der Waals surface area contributed by atoms with Gasteiger partial charge in [0.15, 0.2) is 5.78 Å². The van der Waals surface area contributed by atoms with Crippen LogP contribution in [0.1, 0.15) is 37.0 Å². The summed E-state index contributed by atoms with van der Waals surface area (Å²) in [7, 11) is 0. The molecule has 0 saturated carbocycles. The van der Waals surface area contributed by atoms with E-state index in [0.717, 1.165) is 0 Å². The Bertz CT molecular complexity index is 359. The van der Waals surface area contributed by atoms with Crippen LogP contribution in [-0.4, -0.2) is 21.5 Å². The molecule has 0 bridgehead atoms. The van der Waals surface area contributed by atoms with E-state index in [2.05, 4.69) is 4.98 Å². The van der Waals surface area contributed by atoms with Crippen molar-refractivity contribution >= 4 is 11.5 Å². The number of carbonyl (C=O) groups is 1. The Morgan fingerprint density at radius 2 is 2.13 bits per heavy atom. The molecule has 0 fully saturated rings. The summed E-state index contributed by atoms with van der Waals surface area (Å²) in [5.74, 6) is -0.349. The second-order valence-corrected chi connectivity index (χ2v) is 3.53. The summed E-state index contributed by atoms with van der Waals surface area (Å²) in [5, 5.41) is 10.0. The van der Waals surface area contributed by atoms with Crippen molar-refractivity contribution in [2.45, 2.75) is 32.3 Å². The van der Waals surface area contributed by atoms with Gasteiger partial charge in [-0.05, 0) is 18.9 Å². The Hall–Kier alpha value is -1.42. The highest BCUT2D eigenvalue weighted by Gasteiger charge is 2.33. The smallest absolute Gasteiger partial charge is 0.197 e. The standard InChI is InChI=1S/C11H16N2O2/c1-3-11(15,4-2)10(14)8-7-13-6-5-9(8)12/h5-7,15H,3-4H2,1-2H3,(H2,12,13). The molecular formula is C11H16N2O2. The average Bonchev–Trinajstić information content (AvgIpc) is 2.28. The number of nitrogens with zero attached hydrogens (tertiary/aromatic N) is 1. The summed E-state index contributed by atoms with van der Waals surface area (Å²) in [6, 6.07) is 1.55. The molecule has 82 valence electrons. The third-order valence-electron chi connectivity index (χ3n) is 2.69. The summed E-state index contributed by atoms with van der Waals surface area (Å²) in [6.45, 7) is 3.54. The highest BCUT2D eigenvalue weighted by Crippen LogP contribution is 2.23. The number of nitrogen functional groups attached to an aromatic ring is 1. The zero-order valence-electron chi connectivity index (χ0n) is 9.03. The molecule has 4 heteroatoms. The minimum absolute atomic E-state index is 0.295. The van der Waals surface area contributed by atoms with Gasteiger partial charge in [-0.2, -0.15) is 0 Å². The fraction of sp³-hybridized carbons (Fsp3) is 0.455. The molecule has 0 aliphatic heterocycles. The second kappa shape index (κ2) is 4.40. The van der Waals surface area contributed by atoms with Gasteiger partial charge in [-0.1, -0.05) is 13.8 Å². The number of nitrogens with two attached hydrogens (primary N) is 1. The minimum atomic E-state index is -1.32. The van der Waals surface area contributed by atoms with Crippen molar-refractivity contribution in [2.24, 2.45) is 0 Å². The van der Waals surface area contributed by atoms with Crippen LogP contribution in [0, 0.1) is 0 Å². The molecule has 1 aromatic heterocycles. The molecule has 0 aliphatic carbocycles. The number of pyridine rings is 1. The summed E-state index contributed by atoms with van der Waals surface area (Å²) >= 11 is 0. The lowest BCUT2D eigenvalue weighted by molar-refractivity contribution is 0.0278. The predicted molar refractivity (Wildman–Crippen MR) is 58.5 cm³/mol. The maximum absolute atomic E-state index is 12.0. The number of anilines is 1. The van der Waals surface area contributed by atoms with E-state index >= 15 is 0 Å². The van der Waals surface area contributed by atoms with Crippen LogP contribution >= 0.6 is 0 Å². The van der Waals surface area contributed by atoms with E-state index in [9.17, 15) is 9.90 Å². The van der Waals surface area contributed by atoms with Crippen molar-refractivity contribution in [3.63, 3.8) is 0 Å². The molecule has 0 saturated heterocycles. The molecule has 1 aromatic rings. The van der Waals surface area contributed by atoms with Gasteiger partial charge >= 0.3 is 0 Å². The van der Waals surface area contributed by atoms with Crippen molar-refractivity contribution in [3.05, 3.63) is 24.0 Å². The first kappa shape index (κ1) is 11.7. The topological polar surface area (TPSA) is 76.2 Å². The van der Waals surface area contributed by atoms with Gasteiger partial charge < -0.3 is 10.8 Å². The number of Topliss-reactive ketones (excluding diaryl/α,β-unsaturated/α-hetero) is 1. The molecule has 0 aliphatic rings. The summed E-state index contributed by atoms with van der Waals surface area (Å²) in [5.41, 5.74) is 4.99. The fourth-order valence-corrected chi connectivity index (χ4v) is 1.42. The third-order valence-corrected chi connectivity index (χ3v) is 2.69. The normalized spacial score (nSPS) is 11.4. The van der Waals surface area contributed by atoms with E-state index in [1.165, 1.54) is 12.4 Å². The molecule has 0 aromatic carbocycles. The molecule has 1 rings (SSSR count). The molecule has 15 heavy (non-hydrogen) atoms. The van der Waals surface area contributed by atoms with E-state index in [4.69, 9.17) is 5.73 Å². The van der Waals surface area contributed by atoms with E-state index < -0.39 is 5.60 Å². The first-order valence-corrected chi connectivity index (χ1v) is 5.01. The largest absolute Gasteiger partial charge is 0.398 e. The van der Waals surface area contributed by atoms with E-state index in [0.29, 0.717) is 24.1 Å². The zero-order chi connectivity index (χ0) is 11.5. The highest BCUT2D eigenvalue weighted by atomic mass is 16.3. The average molecular weight is 208 g/mol. The van der Waals surface area contributed by atoms with Gasteiger partial charge in [0.05, 0.1) is 5.56 Å². The summed E-state index contributed by atoms with van der Waals surface area (Å²) in [6.07, 6.45) is 3.66. The van der Waals surface area contributed by atoms with Crippen LogP contribution in [-0.2, 0) is 0 Å². The molecular weight excluding hydrogens is 192 g/mol. The second-order valence-electron chi connectivity index (χ2n) is 3.53. The van der Waals surface area contributed by atoms with Gasteiger partial charge in [-0.25, -0.2) is 0 Å². The van der Waals surface area contributed by atoms with Gasteiger partial charge in [0.2, 0.25) is 0 Å². The van der Waals surface area contributed by atoms with Crippen molar-refractivity contribution in [2.75, 3.05) is 5.73 Å². The maximum atomic E-state index is 12.0. The van der Waals surface area contributed by atoms with Gasteiger partial charge in [0.25, 0.3) is 0 Å². The summed E-state index contributed by atoms with van der Waals surface area (Å²) in [4.78, 5) is 15.8. The number of ketones is 1. The Labute approximate surface area is 89.1 Å². The molecule has 4 nitrogen and oxygen atoms in total. The number of hydrogen-bond acceptors (Lipinski definition) is 4. The molecule has 3 N–H and O–H groups in total. The Balaban J connectivity index is 3.09. The van der Waals surface area contributed by atoms with Crippen molar-refractivity contribution in [1.82, 2.24) is 4.98 Å². The Morgan fingerprint density at radius 1 is 1.53 bits per heavy atom. The number of hydrogen-bond donors (Lipinski definition) is 2. The number of rotatable bonds is 4. The first-order chi connectivity index (χ1) is 7.05. The molecule has 0 unspecified atom stereocenters. The molecule has 0 atom stereocenters.